The van der Waals surface area contributed by atoms with Gasteiger partial charge in [0, 0.05) is 61.3 Å². The van der Waals surface area contributed by atoms with Gasteiger partial charge in [0.15, 0.2) is 0 Å². The Hall–Kier alpha value is -6.21. The van der Waals surface area contributed by atoms with Crippen molar-refractivity contribution < 1.29 is 62.6 Å². The smallest absolute Gasteiger partial charge is 0.277 e. The van der Waals surface area contributed by atoms with E-state index in [-0.39, 0.29) is 68.2 Å². The van der Waals surface area contributed by atoms with Gasteiger partial charge in [-0.25, -0.2) is 0 Å². The lowest BCUT2D eigenvalue weighted by Crippen LogP contribution is -2.71. The Kier molecular flexibility index (Phi) is 35.0. The Labute approximate surface area is 557 Å². The second-order valence-electron chi connectivity index (χ2n) is 28.4. The number of allylic oxidation sites excluding steroid dienone is 2. The van der Waals surface area contributed by atoms with Gasteiger partial charge in [0.2, 0.25) is 64.8 Å². The number of nitrogens with zero attached hydrogens (tertiary/aromatic N) is 7. The first-order chi connectivity index (χ1) is 42.9. The zero-order chi connectivity index (χ0) is 72.2. The third kappa shape index (κ3) is 23.3. The average Bonchev–Trinajstić information content (AvgIpc) is 0.762. The van der Waals surface area contributed by atoms with Gasteiger partial charge < -0.3 is 65.4 Å². The van der Waals surface area contributed by atoms with E-state index in [1.807, 2.05) is 69.2 Å². The number of aliphatic hydroxyl groups is 1. The lowest BCUT2D eigenvalue weighted by molar-refractivity contribution is -0.223. The monoisotopic (exact) mass is 1320 g/mol. The van der Waals surface area contributed by atoms with E-state index in [2.05, 4.69) is 26.6 Å². The number of rotatable bonds is 20. The Bertz CT molecular complexity index is 2540. The predicted octanol–water partition coefficient (Wildman–Crippen LogP) is 4.35. The fourth-order valence-corrected chi connectivity index (χ4v) is 11.7. The largest absolute Gasteiger partial charge is 0.390 e. The molecule has 6 N–H and O–H groups in total. The molecule has 0 bridgehead atoms. The summed E-state index contributed by atoms with van der Waals surface area (Å²) in [6.07, 6.45) is 2.41. The number of amides is 11. The minimum Gasteiger partial charge on any atom is -0.390 e. The van der Waals surface area contributed by atoms with Crippen molar-refractivity contribution in [3.05, 3.63) is 12.2 Å². The van der Waals surface area contributed by atoms with Crippen molar-refractivity contribution in [2.24, 2.45) is 41.4 Å². The van der Waals surface area contributed by atoms with Gasteiger partial charge in [-0.05, 0) is 115 Å². The number of carbonyl (C=O) groups is 11. The molecule has 2 unspecified atom stereocenters. The molecule has 25 nitrogen and oxygen atoms in total. The molecule has 0 spiro atoms. The number of nitrogens with one attached hydrogen (secondary N) is 5. The zero-order valence-electron chi connectivity index (χ0n) is 61.8. The van der Waals surface area contributed by atoms with Crippen LogP contribution < -0.4 is 26.6 Å². The molecule has 14 atom stereocenters. The Morgan fingerprint density at radius 2 is 1.00 bits per heavy atom. The van der Waals surface area contributed by atoms with E-state index in [1.54, 1.807) is 67.5 Å². The van der Waals surface area contributed by atoms with Crippen LogP contribution in [-0.4, -0.2) is 239 Å². The fraction of sp³-hybridized carbons (Fsp3) is 0.809. The van der Waals surface area contributed by atoms with Crippen LogP contribution in [0, 0.1) is 41.4 Å². The minimum atomic E-state index is -2.30. The minimum absolute atomic E-state index is 0.0156. The summed E-state index contributed by atoms with van der Waals surface area (Å²) < 4.78 is 6.91. The number of carbonyl (C=O) groups excluding carboxylic acids is 11. The van der Waals surface area contributed by atoms with Crippen LogP contribution in [0.5, 0.6) is 0 Å². The van der Waals surface area contributed by atoms with Crippen LogP contribution in [-0.2, 0) is 57.5 Å². The summed E-state index contributed by atoms with van der Waals surface area (Å²) in [4.78, 5) is 172. The van der Waals surface area contributed by atoms with Crippen molar-refractivity contribution >= 4 is 65.0 Å². The molecule has 0 saturated carbocycles. The molecule has 11 amide bonds. The highest BCUT2D eigenvalue weighted by molar-refractivity contribution is 6.00. The maximum Gasteiger partial charge on any atom is 0.277 e. The highest BCUT2D eigenvalue weighted by atomic mass is 16.5. The molecular weight excluding hydrogens is 1190 g/mol. The lowest BCUT2D eigenvalue weighted by atomic mass is 9.89. The first kappa shape index (κ1) is 84.8. The molecular formula is C68H124N12O13. The number of ether oxygens (including phenoxy) is 1. The van der Waals surface area contributed by atoms with Crippen molar-refractivity contribution in [2.45, 2.75) is 262 Å². The summed E-state index contributed by atoms with van der Waals surface area (Å²) in [5, 5.41) is 26.8. The maximum atomic E-state index is 16.2. The molecule has 0 aromatic heterocycles. The molecule has 1 saturated heterocycles. The first-order valence-electron chi connectivity index (χ1n) is 33.7. The van der Waals surface area contributed by atoms with E-state index in [0.717, 1.165) is 14.7 Å². The van der Waals surface area contributed by atoms with Gasteiger partial charge in [0.05, 0.1) is 12.6 Å². The lowest BCUT2D eigenvalue weighted by Gasteiger charge is -2.49. The van der Waals surface area contributed by atoms with Gasteiger partial charge in [0.1, 0.15) is 60.6 Å². The standard InChI is InChI=1S/C68H124N12O13/c1-28-31-32-44(16)57(82)56-61(86)72-49(30-3)63(88)74(21)37-54(81)75(22)50(33-38(4)5)60(85)73-55(42(12)13)66(91)76(23)51(34-39(6)7)59(84)70-46(18)58(83)71-47(19)62(87)77(24)52(35-40(8)9)64(89)78(25)53(36-41(10)11)65(90)80(27)68(43(14)15,67(92)79(56)26)93-48(20)69-45(17)29-2/h28,31,38-53,55-57,69,82H,29-30,32-37H2,1-27H3,(H,70,84)(H,71,83)(H,72,86)(H,73,85)/b31-28+/t44-,45?,46+,47-,48?,49+,50+,51+,52+,53+,55+,56+,57-,68+/m1/s1. The summed E-state index contributed by atoms with van der Waals surface area (Å²) in [6.45, 7) is 34.7. The highest BCUT2D eigenvalue weighted by Gasteiger charge is 2.56. The third-order valence-electron chi connectivity index (χ3n) is 17.8. The van der Waals surface area contributed by atoms with Crippen molar-refractivity contribution in [3.8, 4) is 0 Å². The second kappa shape index (κ2) is 38.4. The number of hydrogen-bond acceptors (Lipinski definition) is 14. The zero-order valence-corrected chi connectivity index (χ0v) is 61.8. The highest BCUT2D eigenvalue weighted by Crippen LogP contribution is 2.34. The molecule has 93 heavy (non-hydrogen) atoms. The van der Waals surface area contributed by atoms with Crippen LogP contribution in [0.15, 0.2) is 12.2 Å². The molecule has 1 rings (SSSR count). The van der Waals surface area contributed by atoms with Crippen molar-refractivity contribution in [2.75, 3.05) is 55.9 Å². The normalized spacial score (nSPS) is 27.1. The van der Waals surface area contributed by atoms with Crippen LogP contribution >= 0.6 is 0 Å². The molecule has 0 aromatic rings. The molecule has 1 aliphatic rings. The van der Waals surface area contributed by atoms with Gasteiger partial charge in [-0.2, -0.15) is 0 Å². The van der Waals surface area contributed by atoms with Crippen LogP contribution in [0.2, 0.25) is 0 Å². The Balaban J connectivity index is 4.62. The van der Waals surface area contributed by atoms with Crippen LogP contribution in [0.1, 0.15) is 183 Å². The predicted molar refractivity (Wildman–Crippen MR) is 361 cm³/mol. The molecule has 534 valence electrons. The molecule has 1 fully saturated rings. The van der Waals surface area contributed by atoms with E-state index in [1.165, 1.54) is 82.8 Å². The van der Waals surface area contributed by atoms with Crippen molar-refractivity contribution in [3.63, 3.8) is 0 Å². The molecule has 25 heteroatoms. The van der Waals surface area contributed by atoms with Gasteiger partial charge in [-0.3, -0.25) is 58.1 Å². The summed E-state index contributed by atoms with van der Waals surface area (Å²) >= 11 is 0. The van der Waals surface area contributed by atoms with E-state index in [9.17, 15) is 38.7 Å². The Morgan fingerprint density at radius 3 is 1.46 bits per heavy atom. The van der Waals surface area contributed by atoms with E-state index in [0.29, 0.717) is 6.42 Å². The van der Waals surface area contributed by atoms with Crippen molar-refractivity contribution in [1.29, 1.82) is 0 Å². The van der Waals surface area contributed by atoms with Gasteiger partial charge >= 0.3 is 0 Å². The van der Waals surface area contributed by atoms with E-state index in [4.69, 9.17) is 4.74 Å². The van der Waals surface area contributed by atoms with Crippen molar-refractivity contribution in [1.82, 2.24) is 60.9 Å². The summed E-state index contributed by atoms with van der Waals surface area (Å²) in [6, 6.07) is -11.7. The summed E-state index contributed by atoms with van der Waals surface area (Å²) in [5.41, 5.74) is -2.30. The summed E-state index contributed by atoms with van der Waals surface area (Å²) in [5.74, 6) is -10.8. The second-order valence-corrected chi connectivity index (χ2v) is 28.4. The van der Waals surface area contributed by atoms with E-state index >= 15 is 19.2 Å². The van der Waals surface area contributed by atoms with Crippen LogP contribution in [0.4, 0.5) is 0 Å². The van der Waals surface area contributed by atoms with Gasteiger partial charge in [0.25, 0.3) is 5.91 Å². The number of aliphatic hydroxyl groups excluding tert-OH is 1. The maximum absolute atomic E-state index is 16.2. The average molecular weight is 1320 g/mol. The summed E-state index contributed by atoms with van der Waals surface area (Å²) in [7, 11) is 9.81. The molecule has 1 heterocycles. The van der Waals surface area contributed by atoms with E-state index < -0.39 is 162 Å². The molecule has 1 aliphatic heterocycles. The Morgan fingerprint density at radius 1 is 0.548 bits per heavy atom. The first-order valence-corrected chi connectivity index (χ1v) is 33.7. The molecule has 0 radical (unpaired) electrons. The number of likely N-dealkylation sites (N-methyl/N-ethyl adjacent to an activating group) is 7. The molecule has 0 aliphatic carbocycles. The van der Waals surface area contributed by atoms with Gasteiger partial charge in [-0.1, -0.05) is 116 Å². The quantitative estimate of drug-likeness (QED) is 0.0730. The number of hydrogen-bond donors (Lipinski definition) is 6. The third-order valence-corrected chi connectivity index (χ3v) is 17.8. The van der Waals surface area contributed by atoms with Gasteiger partial charge in [-0.15, -0.1) is 0 Å². The topological polar surface area (TPSA) is 300 Å². The van der Waals surface area contributed by atoms with Crippen LogP contribution in [0.25, 0.3) is 0 Å². The molecule has 0 aromatic carbocycles. The fourth-order valence-electron chi connectivity index (χ4n) is 11.7. The van der Waals surface area contributed by atoms with Crippen LogP contribution in [0.3, 0.4) is 0 Å². The SMILES string of the molecule is C/C=C/C[C@@H](C)[C@@H](O)[C@H]1C(=O)N[C@@H](CC)C(=O)N(C)CC(=O)N(C)[C@@H](CC(C)C)C(=O)N[C@@H](C(C)C)C(=O)N(C)[C@@H](CC(C)C)C(=O)N[C@@H](C)C(=O)N[C@H](C)C(=O)N(C)[C@@H](CC(C)C)C(=O)N(C)[C@@H](CC(C)C)C(=O)N(C)[C@](OC(C)NC(C)CC)(C(C)C)C(=O)N1C.